The number of allylic oxidation sites excluding steroid dienone is 1. The molecule has 29 heavy (non-hydrogen) atoms. The van der Waals surface area contributed by atoms with Gasteiger partial charge in [-0.1, -0.05) is 22.0 Å². The highest BCUT2D eigenvalue weighted by Gasteiger charge is 2.29. The van der Waals surface area contributed by atoms with Gasteiger partial charge in [-0.05, 0) is 68.8 Å². The lowest BCUT2D eigenvalue weighted by Gasteiger charge is -2.40. The van der Waals surface area contributed by atoms with E-state index in [2.05, 4.69) is 41.2 Å². The largest absolute Gasteiger partial charge is 0.365 e. The van der Waals surface area contributed by atoms with E-state index in [9.17, 15) is 14.4 Å². The summed E-state index contributed by atoms with van der Waals surface area (Å²) >= 11 is 3.33. The lowest BCUT2D eigenvalue weighted by Crippen LogP contribution is -2.42. The Balaban J connectivity index is 1.96. The number of carbonyl (C=O) groups excluding carboxylic acids is 1. The zero-order chi connectivity index (χ0) is 21.3. The summed E-state index contributed by atoms with van der Waals surface area (Å²) in [6.07, 6.45) is 3.41. The number of carbonyl (C=O) groups is 1. The molecule has 0 bridgehead atoms. The van der Waals surface area contributed by atoms with E-state index in [1.807, 2.05) is 24.9 Å². The number of hydrogen-bond acceptors (Lipinski definition) is 3. The highest BCUT2D eigenvalue weighted by molar-refractivity contribution is 9.10. The Morgan fingerprint density at radius 1 is 1.28 bits per heavy atom. The smallest absolute Gasteiger partial charge is 0.266 e. The molecule has 1 N–H and O–H groups in total. The summed E-state index contributed by atoms with van der Waals surface area (Å²) in [7, 11) is 1.92. The Morgan fingerprint density at radius 2 is 1.93 bits per heavy atom. The van der Waals surface area contributed by atoms with Crippen molar-refractivity contribution in [3.63, 3.8) is 0 Å². The van der Waals surface area contributed by atoms with E-state index in [1.54, 1.807) is 30.3 Å². The molecule has 1 heterocycles. The van der Waals surface area contributed by atoms with E-state index >= 15 is 0 Å². The van der Waals surface area contributed by atoms with Gasteiger partial charge < -0.3 is 10.2 Å². The topological polar surface area (TPSA) is 56.1 Å². The van der Waals surface area contributed by atoms with Gasteiger partial charge in [0.1, 0.15) is 17.5 Å². The zero-order valence-corrected chi connectivity index (χ0v) is 18.3. The Kier molecular flexibility index (Phi) is 5.63. The number of amides is 1. The van der Waals surface area contributed by atoms with Gasteiger partial charge >= 0.3 is 0 Å². The number of nitrogens with zero attached hydrogens (tertiary/aromatic N) is 2. The maximum absolute atomic E-state index is 14.8. The SMILES string of the molecule is CC1=CC(C)(C)N(C)c2cc(F)c(/C=C(\C#N)C(=O)Nc3ccc(Br)cc3)cc21. The number of likely N-dealkylation sites (N-methyl/N-ethyl adjacent to an activating group) is 1. The molecule has 0 radical (unpaired) electrons. The van der Waals surface area contributed by atoms with Crippen LogP contribution in [0.4, 0.5) is 15.8 Å². The Bertz CT molecular complexity index is 1080. The second kappa shape index (κ2) is 7.84. The van der Waals surface area contributed by atoms with Crippen molar-refractivity contribution >= 4 is 44.9 Å². The van der Waals surface area contributed by atoms with Crippen LogP contribution in [0.15, 0.2) is 52.5 Å². The minimum Gasteiger partial charge on any atom is -0.365 e. The van der Waals surface area contributed by atoms with Crippen LogP contribution in [0.5, 0.6) is 0 Å². The normalized spacial score (nSPS) is 15.3. The third-order valence-corrected chi connectivity index (χ3v) is 5.63. The molecule has 1 aliphatic heterocycles. The van der Waals surface area contributed by atoms with Crippen LogP contribution in [0.25, 0.3) is 11.6 Å². The molecule has 148 valence electrons. The van der Waals surface area contributed by atoms with Crippen LogP contribution < -0.4 is 10.2 Å². The van der Waals surface area contributed by atoms with E-state index < -0.39 is 11.7 Å². The first-order valence-electron chi connectivity index (χ1n) is 9.08. The standard InChI is InChI=1S/C23H21BrFN3O/c1-14-12-23(2,3)28(4)21-11-20(25)15(10-19(14)21)9-16(13-26)22(29)27-18-7-5-17(24)6-8-18/h5-12H,1-4H3,(H,27,29)/b16-9+. The number of halogens is 2. The average Bonchev–Trinajstić information content (AvgIpc) is 2.66. The zero-order valence-electron chi connectivity index (χ0n) is 16.7. The fraction of sp³-hybridized carbons (Fsp3) is 0.217. The number of anilines is 2. The molecule has 4 nitrogen and oxygen atoms in total. The summed E-state index contributed by atoms with van der Waals surface area (Å²) in [6, 6.07) is 12.0. The van der Waals surface area contributed by atoms with Gasteiger partial charge in [-0.2, -0.15) is 5.26 Å². The molecule has 1 aliphatic rings. The molecule has 0 unspecified atom stereocenters. The first-order chi connectivity index (χ1) is 13.6. The first kappa shape index (κ1) is 20.8. The maximum atomic E-state index is 14.8. The molecule has 2 aromatic rings. The third-order valence-electron chi connectivity index (χ3n) is 5.10. The van der Waals surface area contributed by atoms with Gasteiger partial charge in [0.2, 0.25) is 0 Å². The quantitative estimate of drug-likeness (QED) is 0.474. The molecule has 0 saturated carbocycles. The summed E-state index contributed by atoms with van der Waals surface area (Å²) in [5.41, 5.74) is 3.03. The minimum atomic E-state index is -0.586. The van der Waals surface area contributed by atoms with Gasteiger partial charge in [0.05, 0.1) is 5.54 Å². The van der Waals surface area contributed by atoms with Crippen molar-refractivity contribution in [1.29, 1.82) is 5.26 Å². The van der Waals surface area contributed by atoms with E-state index in [-0.39, 0.29) is 16.7 Å². The van der Waals surface area contributed by atoms with Gasteiger partial charge in [0.25, 0.3) is 5.91 Å². The van der Waals surface area contributed by atoms with Gasteiger partial charge in [-0.15, -0.1) is 0 Å². The highest BCUT2D eigenvalue weighted by atomic mass is 79.9. The predicted molar refractivity (Wildman–Crippen MR) is 119 cm³/mol. The van der Waals surface area contributed by atoms with Crippen LogP contribution in [0.1, 0.15) is 31.9 Å². The van der Waals surface area contributed by atoms with Gasteiger partial charge in [0, 0.05) is 34.0 Å². The minimum absolute atomic E-state index is 0.169. The van der Waals surface area contributed by atoms with Crippen molar-refractivity contribution in [1.82, 2.24) is 0 Å². The van der Waals surface area contributed by atoms with Crippen LogP contribution in [0.2, 0.25) is 0 Å². The second-order valence-electron chi connectivity index (χ2n) is 7.56. The Hall–Kier alpha value is -2.91. The fourth-order valence-electron chi connectivity index (χ4n) is 3.33. The molecular weight excluding hydrogens is 433 g/mol. The lowest BCUT2D eigenvalue weighted by molar-refractivity contribution is -0.112. The van der Waals surface area contributed by atoms with Crippen molar-refractivity contribution < 1.29 is 9.18 Å². The molecule has 0 saturated heterocycles. The molecule has 0 aliphatic carbocycles. The van der Waals surface area contributed by atoms with Gasteiger partial charge in [-0.25, -0.2) is 4.39 Å². The number of nitriles is 1. The van der Waals surface area contributed by atoms with Crippen molar-refractivity contribution in [2.24, 2.45) is 0 Å². The molecule has 0 atom stereocenters. The van der Waals surface area contributed by atoms with Crippen molar-refractivity contribution in [2.45, 2.75) is 26.3 Å². The molecule has 2 aromatic carbocycles. The van der Waals surface area contributed by atoms with Crippen LogP contribution >= 0.6 is 15.9 Å². The number of benzene rings is 2. The van der Waals surface area contributed by atoms with Crippen LogP contribution in [-0.2, 0) is 4.79 Å². The molecule has 0 spiro atoms. The molecule has 0 aromatic heterocycles. The number of hydrogen-bond donors (Lipinski definition) is 1. The van der Waals surface area contributed by atoms with Crippen molar-refractivity contribution in [3.8, 4) is 6.07 Å². The molecular formula is C23H21BrFN3O. The van der Waals surface area contributed by atoms with E-state index in [4.69, 9.17) is 0 Å². The number of rotatable bonds is 3. The summed E-state index contributed by atoms with van der Waals surface area (Å²) in [4.78, 5) is 14.5. The second-order valence-corrected chi connectivity index (χ2v) is 8.48. The van der Waals surface area contributed by atoms with Gasteiger partial charge in [-0.3, -0.25) is 4.79 Å². The van der Waals surface area contributed by atoms with Crippen LogP contribution in [0, 0.1) is 17.1 Å². The van der Waals surface area contributed by atoms with Gasteiger partial charge in [0.15, 0.2) is 0 Å². The van der Waals surface area contributed by atoms with Crippen molar-refractivity contribution in [2.75, 3.05) is 17.3 Å². The molecule has 0 fully saturated rings. The van der Waals surface area contributed by atoms with E-state index in [0.717, 1.165) is 21.3 Å². The average molecular weight is 454 g/mol. The van der Waals surface area contributed by atoms with E-state index in [0.29, 0.717) is 5.69 Å². The lowest BCUT2D eigenvalue weighted by atomic mass is 9.88. The third kappa shape index (κ3) is 4.25. The summed E-state index contributed by atoms with van der Waals surface area (Å²) < 4.78 is 15.7. The van der Waals surface area contributed by atoms with Crippen LogP contribution in [-0.4, -0.2) is 18.5 Å². The predicted octanol–water partition coefficient (Wildman–Crippen LogP) is 5.77. The monoisotopic (exact) mass is 453 g/mol. The van der Waals surface area contributed by atoms with Crippen molar-refractivity contribution in [3.05, 3.63) is 69.5 Å². The summed E-state index contributed by atoms with van der Waals surface area (Å²) in [5.74, 6) is -1.07. The summed E-state index contributed by atoms with van der Waals surface area (Å²) in [5, 5.41) is 12.1. The van der Waals surface area contributed by atoms with E-state index in [1.165, 1.54) is 12.1 Å². The van der Waals surface area contributed by atoms with Crippen LogP contribution in [0.3, 0.4) is 0 Å². The first-order valence-corrected chi connectivity index (χ1v) is 9.87. The molecule has 6 heteroatoms. The fourth-order valence-corrected chi connectivity index (χ4v) is 3.60. The Labute approximate surface area is 178 Å². The molecule has 3 rings (SSSR count). The number of nitrogens with one attached hydrogen (secondary N) is 1. The Morgan fingerprint density at radius 3 is 2.55 bits per heavy atom. The number of fused-ring (bicyclic) bond motifs is 1. The highest BCUT2D eigenvalue weighted by Crippen LogP contribution is 2.39. The molecule has 1 amide bonds. The maximum Gasteiger partial charge on any atom is 0.266 e. The summed E-state index contributed by atoms with van der Waals surface area (Å²) in [6.45, 7) is 6.10.